The summed E-state index contributed by atoms with van der Waals surface area (Å²) in [5.74, 6) is -0.953. The summed E-state index contributed by atoms with van der Waals surface area (Å²) in [6.07, 6.45) is 2.02. The van der Waals surface area contributed by atoms with Crippen molar-refractivity contribution in [1.29, 1.82) is 0 Å². The standard InChI is InChI=1S/C11H17N5O4/c1-19-11(18)9-10(12)16(15-14-9)6-8(17)13-5-7-3-2-4-20-7/h7H,2-6,12H2,1H3,(H,13,17). The van der Waals surface area contributed by atoms with E-state index < -0.39 is 5.97 Å². The molecular formula is C11H17N5O4. The quantitative estimate of drug-likeness (QED) is 0.661. The molecular weight excluding hydrogens is 266 g/mol. The lowest BCUT2D eigenvalue weighted by molar-refractivity contribution is -0.122. The van der Waals surface area contributed by atoms with E-state index in [9.17, 15) is 9.59 Å². The zero-order chi connectivity index (χ0) is 14.5. The van der Waals surface area contributed by atoms with E-state index in [1.807, 2.05) is 0 Å². The average Bonchev–Trinajstić information content (AvgIpc) is 3.07. The number of rotatable bonds is 5. The van der Waals surface area contributed by atoms with Crippen LogP contribution in [-0.4, -0.2) is 53.2 Å². The molecule has 0 bridgehead atoms. The highest BCUT2D eigenvalue weighted by atomic mass is 16.5. The van der Waals surface area contributed by atoms with Gasteiger partial charge < -0.3 is 20.5 Å². The molecule has 1 fully saturated rings. The summed E-state index contributed by atoms with van der Waals surface area (Å²) in [6, 6.07) is 0. The van der Waals surface area contributed by atoms with E-state index in [-0.39, 0.29) is 30.1 Å². The second kappa shape index (κ2) is 6.33. The van der Waals surface area contributed by atoms with E-state index >= 15 is 0 Å². The number of amides is 1. The molecule has 110 valence electrons. The largest absolute Gasteiger partial charge is 0.464 e. The summed E-state index contributed by atoms with van der Waals surface area (Å²) >= 11 is 0. The van der Waals surface area contributed by atoms with Crippen LogP contribution in [0.15, 0.2) is 0 Å². The number of methoxy groups -OCH3 is 1. The molecule has 3 N–H and O–H groups in total. The lowest BCUT2D eigenvalue weighted by atomic mass is 10.2. The van der Waals surface area contributed by atoms with E-state index in [0.717, 1.165) is 24.1 Å². The van der Waals surface area contributed by atoms with Crippen molar-refractivity contribution in [3.63, 3.8) is 0 Å². The summed E-state index contributed by atoms with van der Waals surface area (Å²) in [6.45, 7) is 1.08. The molecule has 2 heterocycles. The molecule has 1 amide bonds. The molecule has 0 saturated carbocycles. The highest BCUT2D eigenvalue weighted by molar-refractivity contribution is 5.92. The van der Waals surface area contributed by atoms with Crippen LogP contribution in [0.4, 0.5) is 5.82 Å². The molecule has 1 aromatic heterocycles. The van der Waals surface area contributed by atoms with Gasteiger partial charge in [-0.25, -0.2) is 9.48 Å². The Kier molecular flexibility index (Phi) is 4.51. The maximum atomic E-state index is 11.7. The molecule has 0 spiro atoms. The fraction of sp³-hybridized carbons (Fsp3) is 0.636. The number of ether oxygens (including phenoxy) is 2. The summed E-state index contributed by atoms with van der Waals surface area (Å²) in [5.41, 5.74) is 5.58. The van der Waals surface area contributed by atoms with Gasteiger partial charge in [-0.3, -0.25) is 4.79 Å². The van der Waals surface area contributed by atoms with Crippen LogP contribution in [0.1, 0.15) is 23.3 Å². The third-order valence-corrected chi connectivity index (χ3v) is 3.00. The van der Waals surface area contributed by atoms with Gasteiger partial charge in [0.1, 0.15) is 6.54 Å². The third kappa shape index (κ3) is 3.23. The van der Waals surface area contributed by atoms with E-state index in [0.29, 0.717) is 6.54 Å². The van der Waals surface area contributed by atoms with Crippen molar-refractivity contribution in [3.05, 3.63) is 5.69 Å². The molecule has 20 heavy (non-hydrogen) atoms. The SMILES string of the molecule is COC(=O)c1nnn(CC(=O)NCC2CCCO2)c1N. The Morgan fingerprint density at radius 2 is 2.40 bits per heavy atom. The van der Waals surface area contributed by atoms with Crippen LogP contribution >= 0.6 is 0 Å². The van der Waals surface area contributed by atoms with Crippen molar-refractivity contribution < 1.29 is 19.1 Å². The Labute approximate surface area is 115 Å². The first-order chi connectivity index (χ1) is 9.61. The summed E-state index contributed by atoms with van der Waals surface area (Å²) in [5, 5.41) is 9.97. The lowest BCUT2D eigenvalue weighted by Gasteiger charge is -2.10. The fourth-order valence-corrected chi connectivity index (χ4v) is 1.90. The molecule has 1 saturated heterocycles. The van der Waals surface area contributed by atoms with Crippen LogP contribution in [-0.2, 0) is 20.8 Å². The first kappa shape index (κ1) is 14.3. The van der Waals surface area contributed by atoms with Crippen LogP contribution < -0.4 is 11.1 Å². The van der Waals surface area contributed by atoms with E-state index in [1.165, 1.54) is 7.11 Å². The van der Waals surface area contributed by atoms with Crippen molar-refractivity contribution >= 4 is 17.7 Å². The van der Waals surface area contributed by atoms with Gasteiger partial charge in [-0.1, -0.05) is 5.21 Å². The monoisotopic (exact) mass is 283 g/mol. The van der Waals surface area contributed by atoms with Crippen molar-refractivity contribution in [2.24, 2.45) is 0 Å². The minimum Gasteiger partial charge on any atom is -0.464 e. The first-order valence-electron chi connectivity index (χ1n) is 6.27. The smallest absolute Gasteiger partial charge is 0.362 e. The van der Waals surface area contributed by atoms with Gasteiger partial charge in [0, 0.05) is 13.2 Å². The van der Waals surface area contributed by atoms with Crippen LogP contribution in [0, 0.1) is 0 Å². The predicted molar refractivity (Wildman–Crippen MR) is 67.8 cm³/mol. The number of esters is 1. The normalized spacial score (nSPS) is 17.9. The molecule has 0 aromatic carbocycles. The van der Waals surface area contributed by atoms with Gasteiger partial charge in [0.25, 0.3) is 0 Å². The zero-order valence-electron chi connectivity index (χ0n) is 11.2. The second-order valence-corrected chi connectivity index (χ2v) is 4.41. The predicted octanol–water partition coefficient (Wildman–Crippen LogP) is -1.06. The molecule has 0 aliphatic carbocycles. The van der Waals surface area contributed by atoms with Gasteiger partial charge in [0.15, 0.2) is 5.82 Å². The number of anilines is 1. The number of hydrogen-bond acceptors (Lipinski definition) is 7. The molecule has 0 radical (unpaired) electrons. The Morgan fingerprint density at radius 1 is 1.60 bits per heavy atom. The minimum absolute atomic E-state index is 0.00381. The Hall–Kier alpha value is -2.16. The third-order valence-electron chi connectivity index (χ3n) is 3.00. The minimum atomic E-state index is -0.687. The van der Waals surface area contributed by atoms with Crippen molar-refractivity contribution in [3.8, 4) is 0 Å². The number of carbonyl (C=O) groups excluding carboxylic acids is 2. The van der Waals surface area contributed by atoms with E-state index in [2.05, 4.69) is 20.4 Å². The number of aromatic nitrogens is 3. The Morgan fingerprint density at radius 3 is 3.05 bits per heavy atom. The van der Waals surface area contributed by atoms with Crippen LogP contribution in [0.2, 0.25) is 0 Å². The molecule has 9 nitrogen and oxygen atoms in total. The topological polar surface area (TPSA) is 121 Å². The summed E-state index contributed by atoms with van der Waals surface area (Å²) < 4.78 is 11.0. The summed E-state index contributed by atoms with van der Waals surface area (Å²) in [7, 11) is 1.22. The Bertz CT molecular complexity index is 495. The second-order valence-electron chi connectivity index (χ2n) is 4.41. The molecule has 1 aliphatic heterocycles. The van der Waals surface area contributed by atoms with Gasteiger partial charge in [0.2, 0.25) is 11.6 Å². The van der Waals surface area contributed by atoms with Crippen LogP contribution in [0.5, 0.6) is 0 Å². The number of nitrogen functional groups attached to an aromatic ring is 1. The zero-order valence-corrected chi connectivity index (χ0v) is 11.2. The highest BCUT2D eigenvalue weighted by Gasteiger charge is 2.20. The lowest BCUT2D eigenvalue weighted by Crippen LogP contribution is -2.34. The van der Waals surface area contributed by atoms with Gasteiger partial charge >= 0.3 is 5.97 Å². The van der Waals surface area contributed by atoms with Gasteiger partial charge in [0.05, 0.1) is 13.2 Å². The van der Waals surface area contributed by atoms with E-state index in [1.54, 1.807) is 0 Å². The van der Waals surface area contributed by atoms with Crippen molar-refractivity contribution in [1.82, 2.24) is 20.3 Å². The van der Waals surface area contributed by atoms with Crippen LogP contribution in [0.25, 0.3) is 0 Å². The molecule has 1 aliphatic rings. The average molecular weight is 283 g/mol. The highest BCUT2D eigenvalue weighted by Crippen LogP contribution is 2.11. The molecule has 1 unspecified atom stereocenters. The number of hydrogen-bond donors (Lipinski definition) is 2. The maximum absolute atomic E-state index is 11.7. The molecule has 2 rings (SSSR count). The molecule has 1 aromatic rings. The van der Waals surface area contributed by atoms with Crippen molar-refractivity contribution in [2.75, 3.05) is 26.0 Å². The first-order valence-corrected chi connectivity index (χ1v) is 6.27. The number of carbonyl (C=O) groups is 2. The molecule has 9 heteroatoms. The number of nitrogens with zero attached hydrogens (tertiary/aromatic N) is 3. The van der Waals surface area contributed by atoms with Gasteiger partial charge in [-0.05, 0) is 12.8 Å². The van der Waals surface area contributed by atoms with Gasteiger partial charge in [-0.15, -0.1) is 5.10 Å². The van der Waals surface area contributed by atoms with Crippen LogP contribution in [0.3, 0.4) is 0 Å². The number of nitrogens with two attached hydrogens (primary N) is 1. The van der Waals surface area contributed by atoms with Crippen molar-refractivity contribution in [2.45, 2.75) is 25.5 Å². The summed E-state index contributed by atoms with van der Waals surface area (Å²) in [4.78, 5) is 23.0. The maximum Gasteiger partial charge on any atom is 0.362 e. The van der Waals surface area contributed by atoms with Gasteiger partial charge in [-0.2, -0.15) is 0 Å². The molecule has 1 atom stereocenters. The number of nitrogens with one attached hydrogen (secondary N) is 1. The van der Waals surface area contributed by atoms with E-state index in [4.69, 9.17) is 10.5 Å². The fourth-order valence-electron chi connectivity index (χ4n) is 1.90. The Balaban J connectivity index is 1.87.